The number of aromatic nitrogens is 2. The molecule has 2 atom stereocenters. The quantitative estimate of drug-likeness (QED) is 0.392. The maximum atomic E-state index is 10.8. The third-order valence-electron chi connectivity index (χ3n) is 9.80. The van der Waals surface area contributed by atoms with Crippen LogP contribution in [0.15, 0.2) is 76.7 Å². The summed E-state index contributed by atoms with van der Waals surface area (Å²) in [5.41, 5.74) is 8.68. The fourth-order valence-corrected chi connectivity index (χ4v) is 6.87. The summed E-state index contributed by atoms with van der Waals surface area (Å²) < 4.78 is 6.55. The van der Waals surface area contributed by atoms with Gasteiger partial charge >= 0.3 is 0 Å². The van der Waals surface area contributed by atoms with Crippen molar-refractivity contribution in [2.24, 2.45) is 23.2 Å². The van der Waals surface area contributed by atoms with E-state index < -0.39 is 5.60 Å². The molecule has 0 saturated carbocycles. The molecule has 6 rings (SSSR count). The second kappa shape index (κ2) is 9.50. The van der Waals surface area contributed by atoms with Crippen LogP contribution in [0.1, 0.15) is 91.6 Å². The molecule has 5 aliphatic carbocycles. The van der Waals surface area contributed by atoms with Gasteiger partial charge in [0.15, 0.2) is 5.82 Å². The lowest BCUT2D eigenvalue weighted by Crippen LogP contribution is -2.35. The molecule has 0 spiro atoms. The first kappa shape index (κ1) is 26.1. The molecule has 0 radical (unpaired) electrons. The molecule has 1 heterocycles. The van der Waals surface area contributed by atoms with Crippen LogP contribution in [0.25, 0.3) is 11.1 Å². The maximum absolute atomic E-state index is 10.8. The summed E-state index contributed by atoms with van der Waals surface area (Å²) in [5, 5.41) is 10.8. The highest BCUT2D eigenvalue weighted by Gasteiger charge is 2.46. The van der Waals surface area contributed by atoms with Crippen LogP contribution in [0, 0.1) is 23.2 Å². The number of nitrogens with zero attached hydrogens (tertiary/aromatic N) is 2. The molecule has 0 saturated heterocycles. The summed E-state index contributed by atoms with van der Waals surface area (Å²) in [5.74, 6) is 2.42. The van der Waals surface area contributed by atoms with Gasteiger partial charge in [-0.2, -0.15) is 4.98 Å². The highest BCUT2D eigenvalue weighted by Crippen LogP contribution is 2.59. The summed E-state index contributed by atoms with van der Waals surface area (Å²) in [6.07, 6.45) is 21.8. The van der Waals surface area contributed by atoms with E-state index in [0.717, 1.165) is 49.8 Å². The average Bonchev–Trinajstić information content (AvgIpc) is 3.14. The monoisotopic (exact) mass is 522 g/mol. The molecule has 2 unspecified atom stereocenters. The van der Waals surface area contributed by atoms with Gasteiger partial charge in [0.25, 0.3) is 0 Å². The smallest absolute Gasteiger partial charge is 0.218 e. The zero-order valence-electron chi connectivity index (χ0n) is 24.3. The minimum absolute atomic E-state index is 0.0105. The first-order valence-electron chi connectivity index (χ1n) is 14.8. The van der Waals surface area contributed by atoms with Crippen molar-refractivity contribution in [1.82, 2.24) is 9.97 Å². The van der Waals surface area contributed by atoms with Gasteiger partial charge in [0.05, 0.1) is 5.69 Å². The van der Waals surface area contributed by atoms with Crippen LogP contribution in [0.3, 0.4) is 0 Å². The first-order valence-corrected chi connectivity index (χ1v) is 14.8. The van der Waals surface area contributed by atoms with Gasteiger partial charge in [-0.05, 0) is 92.6 Å². The van der Waals surface area contributed by atoms with E-state index in [-0.39, 0.29) is 17.1 Å². The van der Waals surface area contributed by atoms with Gasteiger partial charge in [0.2, 0.25) is 5.88 Å². The lowest BCUT2D eigenvalue weighted by molar-refractivity contribution is 0.0547. The van der Waals surface area contributed by atoms with Gasteiger partial charge in [-0.15, -0.1) is 0 Å². The molecule has 0 amide bonds. The third-order valence-corrected chi connectivity index (χ3v) is 9.80. The van der Waals surface area contributed by atoms with Crippen LogP contribution < -0.4 is 4.74 Å². The predicted molar refractivity (Wildman–Crippen MR) is 159 cm³/mol. The fourth-order valence-electron chi connectivity index (χ4n) is 6.87. The Balaban J connectivity index is 1.53. The lowest BCUT2D eigenvalue weighted by atomic mass is 9.67. The Bertz CT molecular complexity index is 1420. The van der Waals surface area contributed by atoms with Gasteiger partial charge in [-0.3, -0.25) is 0 Å². The van der Waals surface area contributed by atoms with Crippen LogP contribution in [0.2, 0.25) is 0 Å². The molecular weight excluding hydrogens is 480 g/mol. The number of ether oxygens (including phenoxy) is 1. The zero-order valence-corrected chi connectivity index (χ0v) is 24.3. The van der Waals surface area contributed by atoms with Crippen LogP contribution >= 0.6 is 0 Å². The van der Waals surface area contributed by atoms with Crippen molar-refractivity contribution in [2.45, 2.75) is 85.7 Å². The molecule has 0 aliphatic heterocycles. The van der Waals surface area contributed by atoms with E-state index in [0.29, 0.717) is 23.5 Å². The Labute approximate surface area is 233 Å². The van der Waals surface area contributed by atoms with Crippen LogP contribution in [-0.2, 0) is 0 Å². The number of aliphatic hydroxyl groups excluding tert-OH is 1. The minimum Gasteiger partial charge on any atom is -0.508 e. The SMILES string of the molecule is CC(C)C(C)(C)Oc1cc(C2=CC3=C(C4=C(CCC=C4)C3(C)C)C3CCC=CC23)nc(C2=C(O)C=CCC2)n1. The van der Waals surface area contributed by atoms with E-state index in [1.807, 2.05) is 12.1 Å². The van der Waals surface area contributed by atoms with E-state index in [4.69, 9.17) is 14.7 Å². The molecule has 4 nitrogen and oxygen atoms in total. The Morgan fingerprint density at radius 2 is 1.79 bits per heavy atom. The first-order chi connectivity index (χ1) is 18.6. The Hall–Kier alpha value is -3.14. The molecular formula is C35H42N2O2. The number of fused-ring (bicyclic) bond motifs is 3. The Morgan fingerprint density at radius 1 is 1.03 bits per heavy atom. The van der Waals surface area contributed by atoms with Crippen LogP contribution in [-0.4, -0.2) is 20.7 Å². The van der Waals surface area contributed by atoms with Gasteiger partial charge in [0, 0.05) is 23.0 Å². The molecule has 5 aliphatic rings. The summed E-state index contributed by atoms with van der Waals surface area (Å²) >= 11 is 0. The summed E-state index contributed by atoms with van der Waals surface area (Å²) in [6, 6.07) is 2.04. The molecule has 0 aromatic carbocycles. The largest absolute Gasteiger partial charge is 0.508 e. The minimum atomic E-state index is -0.390. The zero-order chi connectivity index (χ0) is 27.5. The van der Waals surface area contributed by atoms with Crippen LogP contribution in [0.4, 0.5) is 0 Å². The summed E-state index contributed by atoms with van der Waals surface area (Å²) in [4.78, 5) is 10.0. The number of aliphatic hydroxyl groups is 1. The number of rotatable bonds is 5. The normalized spacial score (nSPS) is 25.7. The topological polar surface area (TPSA) is 55.2 Å². The third kappa shape index (κ3) is 4.37. The van der Waals surface area contributed by atoms with Crippen molar-refractivity contribution in [1.29, 1.82) is 0 Å². The summed E-state index contributed by atoms with van der Waals surface area (Å²) in [7, 11) is 0. The number of hydrogen-bond donors (Lipinski definition) is 1. The van der Waals surface area contributed by atoms with Crippen molar-refractivity contribution < 1.29 is 9.84 Å². The predicted octanol–water partition coefficient (Wildman–Crippen LogP) is 8.87. The van der Waals surface area contributed by atoms with E-state index in [2.05, 4.69) is 71.9 Å². The van der Waals surface area contributed by atoms with Gasteiger partial charge < -0.3 is 9.84 Å². The molecule has 204 valence electrons. The van der Waals surface area contributed by atoms with Crippen LogP contribution in [0.5, 0.6) is 5.88 Å². The molecule has 1 aromatic rings. The number of allylic oxidation sites excluding steroid dienone is 13. The molecule has 1 N–H and O–H groups in total. The van der Waals surface area contributed by atoms with E-state index in [9.17, 15) is 5.11 Å². The molecule has 1 aromatic heterocycles. The highest BCUT2D eigenvalue weighted by molar-refractivity contribution is 5.79. The second-order valence-electron chi connectivity index (χ2n) is 13.1. The molecule has 39 heavy (non-hydrogen) atoms. The van der Waals surface area contributed by atoms with E-state index in [1.165, 1.54) is 16.7 Å². The van der Waals surface area contributed by atoms with Crippen molar-refractivity contribution in [3.05, 3.63) is 88.2 Å². The average molecular weight is 523 g/mol. The molecule has 0 bridgehead atoms. The Kier molecular flexibility index (Phi) is 6.36. The van der Waals surface area contributed by atoms with Gasteiger partial charge in [-0.25, -0.2) is 4.98 Å². The molecule has 0 fully saturated rings. The number of hydrogen-bond acceptors (Lipinski definition) is 4. The molecule has 4 heteroatoms. The fraction of sp³-hybridized carbons (Fsp3) is 0.486. The second-order valence-corrected chi connectivity index (χ2v) is 13.1. The van der Waals surface area contributed by atoms with Gasteiger partial charge in [-0.1, -0.05) is 69.7 Å². The van der Waals surface area contributed by atoms with Crippen molar-refractivity contribution in [3.63, 3.8) is 0 Å². The standard InChI is InChI=1S/C35H42N2O2/c1-21(2)35(5,6)39-31-20-29(36-33(37-31)25-16-10-12-18-30(25)38)26-19-28-32(23-14-8-7-13-22(23)26)24-15-9-11-17-27(24)34(28,3)4/h7,9,12-13,15,18-23,38H,8,10-11,14,16-17H2,1-6H3. The summed E-state index contributed by atoms with van der Waals surface area (Å²) in [6.45, 7) is 13.4. The maximum Gasteiger partial charge on any atom is 0.218 e. The van der Waals surface area contributed by atoms with Crippen molar-refractivity contribution >= 4 is 11.1 Å². The van der Waals surface area contributed by atoms with E-state index in [1.54, 1.807) is 17.2 Å². The highest BCUT2D eigenvalue weighted by atomic mass is 16.5. The van der Waals surface area contributed by atoms with E-state index >= 15 is 0 Å². The van der Waals surface area contributed by atoms with Crippen molar-refractivity contribution in [2.75, 3.05) is 0 Å². The Morgan fingerprint density at radius 3 is 2.56 bits per heavy atom. The van der Waals surface area contributed by atoms with Crippen molar-refractivity contribution in [3.8, 4) is 5.88 Å². The lowest BCUT2D eigenvalue weighted by Gasteiger charge is -2.37. The van der Waals surface area contributed by atoms with Gasteiger partial charge in [0.1, 0.15) is 11.4 Å².